The van der Waals surface area contributed by atoms with Gasteiger partial charge >= 0.3 is 6.09 Å². The average Bonchev–Trinajstić information content (AvgIpc) is 2.57. The second-order valence-electron chi connectivity index (χ2n) is 5.24. The molecule has 0 aromatic heterocycles. The van der Waals surface area contributed by atoms with E-state index in [-0.39, 0.29) is 6.61 Å². The van der Waals surface area contributed by atoms with Crippen molar-refractivity contribution in [2.45, 2.75) is 20.0 Å². The highest BCUT2D eigenvalue weighted by Gasteiger charge is 2.01. The fourth-order valence-electron chi connectivity index (χ4n) is 2.09. The molecule has 0 aliphatic rings. The van der Waals surface area contributed by atoms with Crippen molar-refractivity contribution in [3.05, 3.63) is 71.3 Å². The number of benzene rings is 2. The van der Waals surface area contributed by atoms with E-state index in [1.807, 2.05) is 67.6 Å². The number of amides is 1. The normalized spacial score (nSPS) is 10.7. The second-order valence-corrected chi connectivity index (χ2v) is 5.24. The van der Waals surface area contributed by atoms with E-state index >= 15 is 0 Å². The van der Waals surface area contributed by atoms with Gasteiger partial charge in [-0.2, -0.15) is 0 Å². The number of anilines is 1. The summed E-state index contributed by atoms with van der Waals surface area (Å²) < 4.78 is 5.14. The molecule has 1 amide bonds. The molecule has 0 saturated heterocycles. The number of nitrogens with one attached hydrogen (secondary N) is 1. The highest BCUT2D eigenvalue weighted by molar-refractivity contribution is 5.67. The standard InChI is InChI=1S/C19H22N2O2/c1-15-17(11-7-12-18(15)20)10-5-6-13-21-19(22)23-14-16-8-3-2-4-9-16/h2-5,7-12H,6,13-14,20H2,1H3,(H,21,22). The fourth-order valence-corrected chi connectivity index (χ4v) is 2.09. The van der Waals surface area contributed by atoms with Crippen LogP contribution in [0.4, 0.5) is 10.5 Å². The van der Waals surface area contributed by atoms with E-state index in [4.69, 9.17) is 10.5 Å². The van der Waals surface area contributed by atoms with E-state index in [1.165, 1.54) is 0 Å². The van der Waals surface area contributed by atoms with Gasteiger partial charge < -0.3 is 15.8 Å². The molecule has 0 bridgehead atoms. The summed E-state index contributed by atoms with van der Waals surface area (Å²) in [7, 11) is 0. The van der Waals surface area contributed by atoms with Gasteiger partial charge in [-0.15, -0.1) is 0 Å². The number of hydrogen-bond donors (Lipinski definition) is 2. The Morgan fingerprint density at radius 2 is 1.96 bits per heavy atom. The Balaban J connectivity index is 1.67. The van der Waals surface area contributed by atoms with Crippen LogP contribution in [0.3, 0.4) is 0 Å². The van der Waals surface area contributed by atoms with Gasteiger partial charge in [-0.1, -0.05) is 54.6 Å². The van der Waals surface area contributed by atoms with Crippen molar-refractivity contribution >= 4 is 17.9 Å². The number of ether oxygens (including phenoxy) is 1. The van der Waals surface area contributed by atoms with Crippen molar-refractivity contribution in [2.24, 2.45) is 0 Å². The van der Waals surface area contributed by atoms with Gasteiger partial charge in [-0.25, -0.2) is 4.79 Å². The maximum Gasteiger partial charge on any atom is 0.407 e. The van der Waals surface area contributed by atoms with Crippen LogP contribution in [0.15, 0.2) is 54.6 Å². The molecule has 0 saturated carbocycles. The van der Waals surface area contributed by atoms with Crippen LogP contribution in [0.1, 0.15) is 23.1 Å². The van der Waals surface area contributed by atoms with Gasteiger partial charge in [0.2, 0.25) is 0 Å². The predicted octanol–water partition coefficient (Wildman–Crippen LogP) is 3.91. The minimum absolute atomic E-state index is 0.283. The zero-order chi connectivity index (χ0) is 16.5. The Morgan fingerprint density at radius 1 is 1.17 bits per heavy atom. The SMILES string of the molecule is Cc1c(N)cccc1C=CCCNC(=O)OCc1ccccc1. The van der Waals surface area contributed by atoms with Crippen molar-refractivity contribution in [1.82, 2.24) is 5.32 Å². The fraction of sp³-hybridized carbons (Fsp3) is 0.211. The topological polar surface area (TPSA) is 64.3 Å². The summed E-state index contributed by atoms with van der Waals surface area (Å²) in [5.41, 5.74) is 9.79. The molecule has 2 aromatic rings. The van der Waals surface area contributed by atoms with E-state index in [9.17, 15) is 4.79 Å². The Kier molecular flexibility index (Phi) is 6.24. The highest BCUT2D eigenvalue weighted by atomic mass is 16.5. The van der Waals surface area contributed by atoms with Crippen LogP contribution in [0.2, 0.25) is 0 Å². The largest absolute Gasteiger partial charge is 0.445 e. The number of nitrogen functional groups attached to an aromatic ring is 1. The minimum atomic E-state index is -0.401. The molecule has 2 rings (SSSR count). The summed E-state index contributed by atoms with van der Waals surface area (Å²) >= 11 is 0. The molecule has 0 unspecified atom stereocenters. The maximum absolute atomic E-state index is 11.6. The van der Waals surface area contributed by atoms with Crippen LogP contribution in [0, 0.1) is 6.92 Å². The molecule has 0 atom stereocenters. The second kappa shape index (κ2) is 8.63. The van der Waals surface area contributed by atoms with Gasteiger partial charge in [-0.05, 0) is 36.1 Å². The summed E-state index contributed by atoms with van der Waals surface area (Å²) in [6, 6.07) is 15.4. The summed E-state index contributed by atoms with van der Waals surface area (Å²) in [6.45, 7) is 2.81. The number of rotatable bonds is 6. The van der Waals surface area contributed by atoms with Crippen molar-refractivity contribution in [1.29, 1.82) is 0 Å². The summed E-state index contributed by atoms with van der Waals surface area (Å²) in [6.07, 6.45) is 4.36. The maximum atomic E-state index is 11.6. The van der Waals surface area contributed by atoms with Gasteiger partial charge in [0.15, 0.2) is 0 Å². The molecule has 2 aromatic carbocycles. The Labute approximate surface area is 137 Å². The lowest BCUT2D eigenvalue weighted by molar-refractivity contribution is 0.140. The van der Waals surface area contributed by atoms with Crippen molar-refractivity contribution in [3.63, 3.8) is 0 Å². The third kappa shape index (κ3) is 5.51. The molecule has 0 aliphatic heterocycles. The lowest BCUT2D eigenvalue weighted by Crippen LogP contribution is -2.24. The zero-order valence-electron chi connectivity index (χ0n) is 13.3. The van der Waals surface area contributed by atoms with Gasteiger partial charge in [0.25, 0.3) is 0 Å². The van der Waals surface area contributed by atoms with Crippen molar-refractivity contribution in [3.8, 4) is 0 Å². The first-order valence-corrected chi connectivity index (χ1v) is 7.63. The Bertz CT molecular complexity index is 666. The first-order valence-electron chi connectivity index (χ1n) is 7.63. The van der Waals surface area contributed by atoms with E-state index in [0.29, 0.717) is 6.54 Å². The van der Waals surface area contributed by atoms with E-state index < -0.39 is 6.09 Å². The monoisotopic (exact) mass is 310 g/mol. The van der Waals surface area contributed by atoms with Crippen LogP contribution in [0.5, 0.6) is 0 Å². The third-order valence-corrected chi connectivity index (χ3v) is 3.51. The van der Waals surface area contributed by atoms with Crippen LogP contribution in [-0.2, 0) is 11.3 Å². The lowest BCUT2D eigenvalue weighted by Gasteiger charge is -2.06. The Hall–Kier alpha value is -2.75. The summed E-state index contributed by atoms with van der Waals surface area (Å²) in [5, 5.41) is 2.73. The molecule has 0 heterocycles. The van der Waals surface area contributed by atoms with E-state index in [0.717, 1.165) is 28.8 Å². The molecule has 0 radical (unpaired) electrons. The molecule has 23 heavy (non-hydrogen) atoms. The highest BCUT2D eigenvalue weighted by Crippen LogP contribution is 2.16. The molecule has 0 spiro atoms. The third-order valence-electron chi connectivity index (χ3n) is 3.51. The van der Waals surface area contributed by atoms with Crippen LogP contribution in [-0.4, -0.2) is 12.6 Å². The molecule has 3 N–H and O–H groups in total. The van der Waals surface area contributed by atoms with E-state index in [1.54, 1.807) is 0 Å². The molecule has 0 aliphatic carbocycles. The first-order chi connectivity index (χ1) is 11.2. The predicted molar refractivity (Wildman–Crippen MR) is 93.9 cm³/mol. The average molecular weight is 310 g/mol. The number of alkyl carbamates (subject to hydrolysis) is 1. The first kappa shape index (κ1) is 16.6. The molecule has 120 valence electrons. The molecular weight excluding hydrogens is 288 g/mol. The van der Waals surface area contributed by atoms with Gasteiger partial charge in [0.1, 0.15) is 6.61 Å². The minimum Gasteiger partial charge on any atom is -0.445 e. The van der Waals surface area contributed by atoms with Crippen LogP contribution in [0.25, 0.3) is 6.08 Å². The molecule has 4 nitrogen and oxygen atoms in total. The lowest BCUT2D eigenvalue weighted by atomic mass is 10.1. The number of carbonyl (C=O) groups excluding carboxylic acids is 1. The zero-order valence-corrected chi connectivity index (χ0v) is 13.3. The van der Waals surface area contributed by atoms with Crippen molar-refractivity contribution < 1.29 is 9.53 Å². The van der Waals surface area contributed by atoms with Gasteiger partial charge in [-0.3, -0.25) is 0 Å². The van der Waals surface area contributed by atoms with Crippen LogP contribution >= 0.6 is 0 Å². The van der Waals surface area contributed by atoms with Crippen LogP contribution < -0.4 is 11.1 Å². The van der Waals surface area contributed by atoms with Crippen molar-refractivity contribution in [2.75, 3.05) is 12.3 Å². The summed E-state index contributed by atoms with van der Waals surface area (Å²) in [4.78, 5) is 11.6. The Morgan fingerprint density at radius 3 is 2.74 bits per heavy atom. The van der Waals surface area contributed by atoms with Gasteiger partial charge in [0.05, 0.1) is 0 Å². The molecule has 4 heteroatoms. The quantitative estimate of drug-likeness (QED) is 0.628. The summed E-state index contributed by atoms with van der Waals surface area (Å²) in [5.74, 6) is 0. The molecule has 0 fully saturated rings. The smallest absolute Gasteiger partial charge is 0.407 e. The number of hydrogen-bond acceptors (Lipinski definition) is 3. The number of nitrogens with two attached hydrogens (primary N) is 1. The van der Waals surface area contributed by atoms with Gasteiger partial charge in [0, 0.05) is 12.2 Å². The molecular formula is C19H22N2O2. The van der Waals surface area contributed by atoms with E-state index in [2.05, 4.69) is 5.32 Å². The number of carbonyl (C=O) groups is 1.